The van der Waals surface area contributed by atoms with Crippen LogP contribution in [-0.4, -0.2) is 11.5 Å². The van der Waals surface area contributed by atoms with Gasteiger partial charge in [0.15, 0.2) is 0 Å². The van der Waals surface area contributed by atoms with E-state index in [1.165, 1.54) is 22.0 Å². The fraction of sp³-hybridized carbons (Fsp3) is 0.769. The van der Waals surface area contributed by atoms with Crippen LogP contribution in [0.1, 0.15) is 55.7 Å². The molecule has 1 N–H and O–H groups in total. The first-order valence-corrected chi connectivity index (χ1v) is 7.11. The number of hydrogen-bond donors (Lipinski definition) is 1. The second-order valence-electron chi connectivity index (χ2n) is 4.58. The van der Waals surface area contributed by atoms with Crippen molar-refractivity contribution in [2.75, 3.05) is 6.54 Å². The standard InChI is InChI=1S/C13H24N2S/c1-6-8-14-12(9(3)4)13-15-11(7-2)10(5)16-13/h9,12,14H,6-8H2,1-5H3. The Labute approximate surface area is 103 Å². The molecule has 1 heterocycles. The SMILES string of the molecule is CCCNC(c1nc(CC)c(C)s1)C(C)C. The third-order valence-corrected chi connectivity index (χ3v) is 3.89. The molecule has 1 unspecified atom stereocenters. The van der Waals surface area contributed by atoms with E-state index in [0.717, 1.165) is 13.0 Å². The normalized spacial score (nSPS) is 13.4. The Balaban J connectivity index is 2.83. The summed E-state index contributed by atoms with van der Waals surface area (Å²) in [6.45, 7) is 12.1. The zero-order valence-corrected chi connectivity index (χ0v) is 11.9. The fourth-order valence-corrected chi connectivity index (χ4v) is 3.08. The van der Waals surface area contributed by atoms with Gasteiger partial charge in [-0.25, -0.2) is 4.98 Å². The average Bonchev–Trinajstić information content (AvgIpc) is 2.59. The molecule has 1 aromatic heterocycles. The predicted molar refractivity (Wildman–Crippen MR) is 72.1 cm³/mol. The van der Waals surface area contributed by atoms with Crippen LogP contribution in [0.25, 0.3) is 0 Å². The van der Waals surface area contributed by atoms with Crippen molar-refractivity contribution in [2.45, 2.75) is 53.5 Å². The minimum atomic E-state index is 0.420. The Morgan fingerprint density at radius 3 is 2.44 bits per heavy atom. The molecule has 1 rings (SSSR count). The van der Waals surface area contributed by atoms with E-state index in [0.29, 0.717) is 12.0 Å². The van der Waals surface area contributed by atoms with E-state index in [2.05, 4.69) is 39.9 Å². The van der Waals surface area contributed by atoms with Gasteiger partial charge in [0.05, 0.1) is 11.7 Å². The maximum atomic E-state index is 4.76. The Morgan fingerprint density at radius 1 is 1.31 bits per heavy atom. The molecule has 0 spiro atoms. The number of thiazole rings is 1. The maximum absolute atomic E-state index is 4.76. The van der Waals surface area contributed by atoms with Crippen molar-refractivity contribution in [3.8, 4) is 0 Å². The smallest absolute Gasteiger partial charge is 0.110 e. The predicted octanol–water partition coefficient (Wildman–Crippen LogP) is 3.71. The largest absolute Gasteiger partial charge is 0.308 e. The Morgan fingerprint density at radius 2 is 2.00 bits per heavy atom. The van der Waals surface area contributed by atoms with Gasteiger partial charge in [0.1, 0.15) is 5.01 Å². The minimum Gasteiger partial charge on any atom is -0.308 e. The molecule has 3 heteroatoms. The highest BCUT2D eigenvalue weighted by Gasteiger charge is 2.19. The molecule has 0 aliphatic heterocycles. The van der Waals surface area contributed by atoms with Crippen LogP contribution in [0.4, 0.5) is 0 Å². The van der Waals surface area contributed by atoms with Crippen LogP contribution >= 0.6 is 11.3 Å². The summed E-state index contributed by atoms with van der Waals surface area (Å²) in [5.41, 5.74) is 1.27. The van der Waals surface area contributed by atoms with Gasteiger partial charge in [-0.3, -0.25) is 0 Å². The van der Waals surface area contributed by atoms with Gasteiger partial charge < -0.3 is 5.32 Å². The zero-order valence-electron chi connectivity index (χ0n) is 11.1. The van der Waals surface area contributed by atoms with E-state index >= 15 is 0 Å². The lowest BCUT2D eigenvalue weighted by atomic mass is 10.1. The molecule has 1 aromatic rings. The average molecular weight is 240 g/mol. The number of aryl methyl sites for hydroxylation is 2. The molecule has 0 saturated carbocycles. The number of rotatable bonds is 6. The van der Waals surface area contributed by atoms with Gasteiger partial charge in [0.2, 0.25) is 0 Å². The summed E-state index contributed by atoms with van der Waals surface area (Å²) in [5, 5.41) is 4.86. The molecule has 1 atom stereocenters. The summed E-state index contributed by atoms with van der Waals surface area (Å²) in [4.78, 5) is 6.14. The number of nitrogens with zero attached hydrogens (tertiary/aromatic N) is 1. The van der Waals surface area contributed by atoms with Crippen molar-refractivity contribution < 1.29 is 0 Å². The van der Waals surface area contributed by atoms with Gasteiger partial charge in [0.25, 0.3) is 0 Å². The summed E-state index contributed by atoms with van der Waals surface area (Å²) in [6.07, 6.45) is 2.22. The zero-order chi connectivity index (χ0) is 12.1. The molecule has 0 radical (unpaired) electrons. The summed E-state index contributed by atoms with van der Waals surface area (Å²) >= 11 is 1.85. The summed E-state index contributed by atoms with van der Waals surface area (Å²) in [5.74, 6) is 0.599. The molecule has 2 nitrogen and oxygen atoms in total. The second kappa shape index (κ2) is 6.36. The highest BCUT2D eigenvalue weighted by molar-refractivity contribution is 7.11. The molecule has 92 valence electrons. The quantitative estimate of drug-likeness (QED) is 0.820. The Kier molecular flexibility index (Phi) is 5.42. The van der Waals surface area contributed by atoms with Gasteiger partial charge in [-0.15, -0.1) is 11.3 Å². The number of hydrogen-bond acceptors (Lipinski definition) is 3. The Bertz CT molecular complexity index is 318. The summed E-state index contributed by atoms with van der Waals surface area (Å²) in [6, 6.07) is 0.420. The van der Waals surface area contributed by atoms with Gasteiger partial charge in [-0.05, 0) is 32.2 Å². The van der Waals surface area contributed by atoms with Gasteiger partial charge in [0, 0.05) is 4.88 Å². The molecule has 16 heavy (non-hydrogen) atoms. The fourth-order valence-electron chi connectivity index (χ4n) is 1.82. The van der Waals surface area contributed by atoms with Crippen molar-refractivity contribution in [3.05, 3.63) is 15.6 Å². The van der Waals surface area contributed by atoms with Crippen molar-refractivity contribution in [1.29, 1.82) is 0 Å². The molecule has 0 amide bonds. The minimum absolute atomic E-state index is 0.420. The van der Waals surface area contributed by atoms with Crippen LogP contribution in [0.2, 0.25) is 0 Å². The first-order valence-electron chi connectivity index (χ1n) is 6.29. The van der Waals surface area contributed by atoms with Crippen LogP contribution in [0, 0.1) is 12.8 Å². The van der Waals surface area contributed by atoms with Gasteiger partial charge in [-0.2, -0.15) is 0 Å². The monoisotopic (exact) mass is 240 g/mol. The number of nitrogens with one attached hydrogen (secondary N) is 1. The van der Waals surface area contributed by atoms with E-state index in [-0.39, 0.29) is 0 Å². The van der Waals surface area contributed by atoms with Gasteiger partial charge in [-0.1, -0.05) is 27.7 Å². The lowest BCUT2D eigenvalue weighted by molar-refractivity contribution is 0.411. The van der Waals surface area contributed by atoms with Crippen molar-refractivity contribution in [1.82, 2.24) is 10.3 Å². The lowest BCUT2D eigenvalue weighted by Crippen LogP contribution is -2.26. The molecule has 0 fully saturated rings. The van der Waals surface area contributed by atoms with E-state index in [1.807, 2.05) is 11.3 Å². The van der Waals surface area contributed by atoms with Crippen molar-refractivity contribution in [3.63, 3.8) is 0 Å². The van der Waals surface area contributed by atoms with Crippen LogP contribution in [0.3, 0.4) is 0 Å². The summed E-state index contributed by atoms with van der Waals surface area (Å²) < 4.78 is 0. The molecule has 0 aliphatic carbocycles. The maximum Gasteiger partial charge on any atom is 0.110 e. The van der Waals surface area contributed by atoms with Crippen LogP contribution in [-0.2, 0) is 6.42 Å². The topological polar surface area (TPSA) is 24.9 Å². The van der Waals surface area contributed by atoms with Crippen molar-refractivity contribution in [2.24, 2.45) is 5.92 Å². The van der Waals surface area contributed by atoms with Crippen molar-refractivity contribution >= 4 is 11.3 Å². The highest BCUT2D eigenvalue weighted by Crippen LogP contribution is 2.28. The first kappa shape index (κ1) is 13.7. The third kappa shape index (κ3) is 3.29. The van der Waals surface area contributed by atoms with E-state index < -0.39 is 0 Å². The Hall–Kier alpha value is -0.410. The summed E-state index contributed by atoms with van der Waals surface area (Å²) in [7, 11) is 0. The lowest BCUT2D eigenvalue weighted by Gasteiger charge is -2.19. The van der Waals surface area contributed by atoms with E-state index in [4.69, 9.17) is 4.98 Å². The van der Waals surface area contributed by atoms with Gasteiger partial charge >= 0.3 is 0 Å². The molecular formula is C13H24N2S. The highest BCUT2D eigenvalue weighted by atomic mass is 32.1. The third-order valence-electron chi connectivity index (χ3n) is 2.79. The van der Waals surface area contributed by atoms with E-state index in [1.54, 1.807) is 0 Å². The van der Waals surface area contributed by atoms with E-state index in [9.17, 15) is 0 Å². The van der Waals surface area contributed by atoms with Crippen LogP contribution in [0.15, 0.2) is 0 Å². The van der Waals surface area contributed by atoms with Crippen LogP contribution in [0.5, 0.6) is 0 Å². The molecular weight excluding hydrogens is 216 g/mol. The molecule has 0 bridgehead atoms. The second-order valence-corrected chi connectivity index (χ2v) is 5.82. The molecule has 0 aromatic carbocycles. The number of aromatic nitrogens is 1. The molecule has 0 aliphatic rings. The molecule has 0 saturated heterocycles. The first-order chi connectivity index (χ1) is 7.60. The van der Waals surface area contributed by atoms with Crippen LogP contribution < -0.4 is 5.32 Å².